The number of hydrogen-bond acceptors (Lipinski definition) is 4. The van der Waals surface area contributed by atoms with Gasteiger partial charge in [-0.3, -0.25) is 0 Å². The second kappa shape index (κ2) is 6.05. The minimum absolute atomic E-state index is 0.143. The summed E-state index contributed by atoms with van der Waals surface area (Å²) in [7, 11) is -2.21. The monoisotopic (exact) mass is 328 g/mol. The van der Waals surface area contributed by atoms with Gasteiger partial charge in [-0.25, -0.2) is 13.1 Å². The Balaban J connectivity index is 2.50. The summed E-state index contributed by atoms with van der Waals surface area (Å²) >= 11 is 7.38. The van der Waals surface area contributed by atoms with Gasteiger partial charge in [-0.2, -0.15) is 0 Å². The predicted molar refractivity (Wildman–Crippen MR) is 82.7 cm³/mol. The number of hydrogen-bond donors (Lipinski definition) is 2. The molecule has 0 aliphatic heterocycles. The Kier molecular flexibility index (Phi) is 4.59. The van der Waals surface area contributed by atoms with Crippen LogP contribution < -0.4 is 10.5 Å². The number of benzene rings is 2. The van der Waals surface area contributed by atoms with Crippen LogP contribution in [0.3, 0.4) is 0 Å². The first-order valence-corrected chi connectivity index (χ1v) is 8.37. The fourth-order valence-electron chi connectivity index (χ4n) is 1.57. The highest BCUT2D eigenvalue weighted by Gasteiger charge is 2.18. The second-order valence-corrected chi connectivity index (χ2v) is 7.29. The molecule has 0 fully saturated rings. The van der Waals surface area contributed by atoms with Gasteiger partial charge in [0, 0.05) is 15.5 Å². The number of halogens is 1. The SMILES string of the molecule is CNS(=O)(=O)c1cc(N)ccc1Sc1ccccc1Cl. The fourth-order valence-corrected chi connectivity index (χ4v) is 3.97. The van der Waals surface area contributed by atoms with E-state index >= 15 is 0 Å². The Morgan fingerprint density at radius 3 is 2.50 bits per heavy atom. The van der Waals surface area contributed by atoms with Crippen molar-refractivity contribution >= 4 is 39.1 Å². The van der Waals surface area contributed by atoms with Gasteiger partial charge in [-0.05, 0) is 37.4 Å². The van der Waals surface area contributed by atoms with E-state index in [1.54, 1.807) is 18.2 Å². The Morgan fingerprint density at radius 2 is 1.85 bits per heavy atom. The van der Waals surface area contributed by atoms with Crippen LogP contribution in [0.1, 0.15) is 0 Å². The van der Waals surface area contributed by atoms with Crippen LogP contribution in [0.5, 0.6) is 0 Å². The molecule has 2 aromatic carbocycles. The lowest BCUT2D eigenvalue weighted by molar-refractivity contribution is 0.586. The third kappa shape index (κ3) is 3.27. The van der Waals surface area contributed by atoms with Gasteiger partial charge >= 0.3 is 0 Å². The van der Waals surface area contributed by atoms with Gasteiger partial charge in [0.1, 0.15) is 0 Å². The van der Waals surface area contributed by atoms with Gasteiger partial charge in [0.15, 0.2) is 0 Å². The van der Waals surface area contributed by atoms with E-state index in [2.05, 4.69) is 4.72 Å². The summed E-state index contributed by atoms with van der Waals surface area (Å²) in [5.41, 5.74) is 6.07. The molecule has 20 heavy (non-hydrogen) atoms. The largest absolute Gasteiger partial charge is 0.399 e. The Bertz CT molecular complexity index is 733. The van der Waals surface area contributed by atoms with Crippen LogP contribution >= 0.6 is 23.4 Å². The lowest BCUT2D eigenvalue weighted by Crippen LogP contribution is -2.19. The number of anilines is 1. The lowest BCUT2D eigenvalue weighted by atomic mass is 10.3. The summed E-state index contributed by atoms with van der Waals surface area (Å²) < 4.78 is 26.4. The van der Waals surface area contributed by atoms with E-state index in [-0.39, 0.29) is 4.90 Å². The van der Waals surface area contributed by atoms with Gasteiger partial charge in [0.05, 0.1) is 9.92 Å². The quantitative estimate of drug-likeness (QED) is 0.846. The number of nitrogens with two attached hydrogens (primary N) is 1. The first kappa shape index (κ1) is 15.2. The molecule has 0 saturated heterocycles. The van der Waals surface area contributed by atoms with Crippen LogP contribution in [0.15, 0.2) is 57.2 Å². The summed E-state index contributed by atoms with van der Waals surface area (Å²) in [6.45, 7) is 0. The van der Waals surface area contributed by atoms with Crippen LogP contribution in [0.4, 0.5) is 5.69 Å². The molecule has 2 rings (SSSR count). The molecular weight excluding hydrogens is 316 g/mol. The van der Waals surface area contributed by atoms with E-state index in [1.807, 2.05) is 18.2 Å². The van der Waals surface area contributed by atoms with Crippen molar-refractivity contribution in [2.45, 2.75) is 14.7 Å². The average Bonchev–Trinajstić information content (AvgIpc) is 2.43. The van der Waals surface area contributed by atoms with Gasteiger partial charge in [0.2, 0.25) is 10.0 Å². The van der Waals surface area contributed by atoms with Gasteiger partial charge < -0.3 is 5.73 Å². The van der Waals surface area contributed by atoms with Crippen LogP contribution in [0, 0.1) is 0 Å². The maximum absolute atomic E-state index is 12.0. The highest BCUT2D eigenvalue weighted by molar-refractivity contribution is 8.00. The molecule has 0 bridgehead atoms. The zero-order valence-corrected chi connectivity index (χ0v) is 13.0. The fraction of sp³-hybridized carbons (Fsp3) is 0.0769. The molecule has 0 amide bonds. The number of rotatable bonds is 4. The highest BCUT2D eigenvalue weighted by Crippen LogP contribution is 2.37. The van der Waals surface area contributed by atoms with Crippen LogP contribution in [0.2, 0.25) is 5.02 Å². The van der Waals surface area contributed by atoms with Gasteiger partial charge in [-0.15, -0.1) is 0 Å². The molecule has 2 aromatic rings. The normalized spacial score (nSPS) is 11.5. The predicted octanol–water partition coefficient (Wildman–Crippen LogP) is 2.98. The molecule has 3 N–H and O–H groups in total. The van der Waals surface area contributed by atoms with Crippen molar-refractivity contribution in [2.75, 3.05) is 12.8 Å². The summed E-state index contributed by atoms with van der Waals surface area (Å²) in [4.78, 5) is 1.50. The number of nitrogen functional groups attached to an aromatic ring is 1. The Morgan fingerprint density at radius 1 is 1.15 bits per heavy atom. The molecule has 106 valence electrons. The molecular formula is C13H13ClN2O2S2. The third-order valence-corrected chi connectivity index (χ3v) is 5.76. The average molecular weight is 329 g/mol. The lowest BCUT2D eigenvalue weighted by Gasteiger charge is -2.11. The molecule has 0 heterocycles. The van der Waals surface area contributed by atoms with Crippen LogP contribution in [0.25, 0.3) is 0 Å². The van der Waals surface area contributed by atoms with Crippen molar-refractivity contribution in [2.24, 2.45) is 0 Å². The Labute approximate surface area is 127 Å². The van der Waals surface area contributed by atoms with Gasteiger partial charge in [-0.1, -0.05) is 35.5 Å². The molecule has 0 spiro atoms. The van der Waals surface area contributed by atoms with E-state index in [1.165, 1.54) is 24.9 Å². The van der Waals surface area contributed by atoms with E-state index in [0.717, 1.165) is 4.90 Å². The van der Waals surface area contributed by atoms with Crippen molar-refractivity contribution < 1.29 is 8.42 Å². The van der Waals surface area contributed by atoms with Crippen molar-refractivity contribution in [1.29, 1.82) is 0 Å². The molecule has 0 aliphatic rings. The summed E-state index contributed by atoms with van der Waals surface area (Å²) in [5, 5.41) is 0.571. The summed E-state index contributed by atoms with van der Waals surface area (Å²) in [5.74, 6) is 0. The van der Waals surface area contributed by atoms with E-state index in [0.29, 0.717) is 15.6 Å². The molecule has 0 aliphatic carbocycles. The Hall–Kier alpha value is -1.21. The molecule has 0 atom stereocenters. The second-order valence-electron chi connectivity index (χ2n) is 3.95. The van der Waals surface area contributed by atoms with Gasteiger partial charge in [0.25, 0.3) is 0 Å². The maximum Gasteiger partial charge on any atom is 0.241 e. The highest BCUT2D eigenvalue weighted by atomic mass is 35.5. The minimum Gasteiger partial charge on any atom is -0.399 e. The molecule has 0 aromatic heterocycles. The zero-order chi connectivity index (χ0) is 14.8. The van der Waals surface area contributed by atoms with Crippen LogP contribution in [-0.4, -0.2) is 15.5 Å². The molecule has 4 nitrogen and oxygen atoms in total. The third-order valence-electron chi connectivity index (χ3n) is 2.58. The summed E-state index contributed by atoms with van der Waals surface area (Å²) in [6, 6.07) is 12.0. The summed E-state index contributed by atoms with van der Waals surface area (Å²) in [6.07, 6.45) is 0. The molecule has 7 heteroatoms. The standard InChI is InChI=1S/C13H13ClN2O2S2/c1-16-20(17,18)13-8-9(15)6-7-12(13)19-11-5-3-2-4-10(11)14/h2-8,16H,15H2,1H3. The molecule has 0 radical (unpaired) electrons. The van der Waals surface area contributed by atoms with E-state index < -0.39 is 10.0 Å². The topological polar surface area (TPSA) is 72.2 Å². The minimum atomic E-state index is -3.58. The van der Waals surface area contributed by atoms with Crippen molar-refractivity contribution in [3.63, 3.8) is 0 Å². The van der Waals surface area contributed by atoms with Crippen LogP contribution in [-0.2, 0) is 10.0 Å². The van der Waals surface area contributed by atoms with E-state index in [9.17, 15) is 8.42 Å². The maximum atomic E-state index is 12.0. The smallest absolute Gasteiger partial charge is 0.241 e. The zero-order valence-electron chi connectivity index (χ0n) is 10.6. The van der Waals surface area contributed by atoms with Crippen molar-refractivity contribution in [3.8, 4) is 0 Å². The van der Waals surface area contributed by atoms with E-state index in [4.69, 9.17) is 17.3 Å². The van der Waals surface area contributed by atoms with Crippen molar-refractivity contribution in [1.82, 2.24) is 4.72 Å². The molecule has 0 unspecified atom stereocenters. The first-order chi connectivity index (χ1) is 9.44. The first-order valence-electron chi connectivity index (χ1n) is 5.69. The number of nitrogens with one attached hydrogen (secondary N) is 1. The number of sulfonamides is 1. The van der Waals surface area contributed by atoms with Crippen molar-refractivity contribution in [3.05, 3.63) is 47.5 Å². The molecule has 0 saturated carbocycles.